The third kappa shape index (κ3) is 2.44. The van der Waals surface area contributed by atoms with Crippen LogP contribution in [0.5, 0.6) is 0 Å². The fraction of sp³-hybridized carbons (Fsp3) is 0.857. The highest BCUT2D eigenvalue weighted by molar-refractivity contribution is 5.04. The van der Waals surface area contributed by atoms with Gasteiger partial charge in [0, 0.05) is 12.5 Å². The molecule has 1 saturated carbocycles. The van der Waals surface area contributed by atoms with Crippen LogP contribution < -0.4 is 0 Å². The van der Waals surface area contributed by atoms with E-state index in [9.17, 15) is 0 Å². The van der Waals surface area contributed by atoms with Crippen LogP contribution in [0.4, 0.5) is 0 Å². The van der Waals surface area contributed by atoms with Crippen molar-refractivity contribution < 1.29 is 4.52 Å². The third-order valence-corrected chi connectivity index (χ3v) is 4.43. The van der Waals surface area contributed by atoms with Crippen LogP contribution in [0.15, 0.2) is 4.52 Å². The van der Waals surface area contributed by atoms with Gasteiger partial charge < -0.3 is 4.52 Å². The number of aromatic nitrogens is 2. The molecule has 1 aliphatic carbocycles. The van der Waals surface area contributed by atoms with Gasteiger partial charge in [0.1, 0.15) is 0 Å². The predicted molar refractivity (Wildman–Crippen MR) is 69.3 cm³/mol. The Hall–Kier alpha value is -0.900. The molecule has 3 rings (SSSR count). The lowest BCUT2D eigenvalue weighted by atomic mass is 9.95. The summed E-state index contributed by atoms with van der Waals surface area (Å²) in [5, 5.41) is 4.12. The molecule has 0 unspecified atom stereocenters. The van der Waals surface area contributed by atoms with Gasteiger partial charge in [0.25, 0.3) is 0 Å². The van der Waals surface area contributed by atoms with E-state index in [1.807, 2.05) is 0 Å². The van der Waals surface area contributed by atoms with Gasteiger partial charge in [-0.15, -0.1) is 0 Å². The molecule has 2 heterocycles. The molecule has 2 aliphatic rings. The standard InChI is InChI=1S/C14H23N3O/c1-3-11-5-4-8-17(9-11)10(2)14-15-13(16-18-14)12-6-7-12/h10-12H,3-9H2,1-2H3/t10-,11-/m0/s1. The van der Waals surface area contributed by atoms with Crippen LogP contribution in [0, 0.1) is 5.92 Å². The molecule has 1 aromatic rings. The molecule has 100 valence electrons. The van der Waals surface area contributed by atoms with Crippen LogP contribution in [0.3, 0.4) is 0 Å². The highest BCUT2D eigenvalue weighted by Crippen LogP contribution is 2.38. The van der Waals surface area contributed by atoms with Crippen LogP contribution in [-0.2, 0) is 0 Å². The maximum atomic E-state index is 5.45. The van der Waals surface area contributed by atoms with Crippen molar-refractivity contribution in [2.45, 2.75) is 57.9 Å². The second-order valence-corrected chi connectivity index (χ2v) is 5.85. The van der Waals surface area contributed by atoms with Crippen molar-refractivity contribution in [3.05, 3.63) is 11.7 Å². The van der Waals surface area contributed by atoms with Crippen LogP contribution >= 0.6 is 0 Å². The monoisotopic (exact) mass is 249 g/mol. The lowest BCUT2D eigenvalue weighted by molar-refractivity contribution is 0.109. The van der Waals surface area contributed by atoms with Gasteiger partial charge in [0.15, 0.2) is 5.82 Å². The summed E-state index contributed by atoms with van der Waals surface area (Å²) in [6.07, 6.45) is 6.41. The van der Waals surface area contributed by atoms with Crippen molar-refractivity contribution in [3.63, 3.8) is 0 Å². The molecule has 1 aliphatic heterocycles. The van der Waals surface area contributed by atoms with Crippen LogP contribution in [-0.4, -0.2) is 28.1 Å². The van der Waals surface area contributed by atoms with Gasteiger partial charge in [-0.3, -0.25) is 4.90 Å². The lowest BCUT2D eigenvalue weighted by Gasteiger charge is -2.34. The molecule has 1 saturated heterocycles. The van der Waals surface area contributed by atoms with Gasteiger partial charge in [-0.1, -0.05) is 18.5 Å². The second-order valence-electron chi connectivity index (χ2n) is 5.85. The first kappa shape index (κ1) is 12.2. The number of piperidine rings is 1. The Kier molecular flexibility index (Phi) is 3.37. The van der Waals surface area contributed by atoms with E-state index in [1.165, 1.54) is 45.2 Å². The molecule has 1 aromatic heterocycles. The van der Waals surface area contributed by atoms with E-state index in [2.05, 4.69) is 28.9 Å². The zero-order valence-corrected chi connectivity index (χ0v) is 11.4. The molecule has 0 spiro atoms. The third-order valence-electron chi connectivity index (χ3n) is 4.43. The summed E-state index contributed by atoms with van der Waals surface area (Å²) in [5.41, 5.74) is 0. The van der Waals surface area contributed by atoms with E-state index < -0.39 is 0 Å². The van der Waals surface area contributed by atoms with Crippen LogP contribution in [0.25, 0.3) is 0 Å². The minimum atomic E-state index is 0.277. The molecule has 0 bridgehead atoms. The van der Waals surface area contributed by atoms with Gasteiger partial charge in [-0.25, -0.2) is 0 Å². The summed E-state index contributed by atoms with van der Waals surface area (Å²) >= 11 is 0. The highest BCUT2D eigenvalue weighted by atomic mass is 16.5. The Bertz CT molecular complexity index is 399. The Morgan fingerprint density at radius 2 is 2.22 bits per heavy atom. The summed E-state index contributed by atoms with van der Waals surface area (Å²) in [6, 6.07) is 0.277. The van der Waals surface area contributed by atoms with E-state index >= 15 is 0 Å². The average molecular weight is 249 g/mol. The zero-order chi connectivity index (χ0) is 12.5. The summed E-state index contributed by atoms with van der Waals surface area (Å²) in [6.45, 7) is 6.83. The Morgan fingerprint density at radius 1 is 1.39 bits per heavy atom. The first-order valence-corrected chi connectivity index (χ1v) is 7.35. The van der Waals surface area contributed by atoms with Crippen molar-refractivity contribution >= 4 is 0 Å². The van der Waals surface area contributed by atoms with E-state index in [-0.39, 0.29) is 6.04 Å². The topological polar surface area (TPSA) is 42.2 Å². The quantitative estimate of drug-likeness (QED) is 0.822. The molecule has 4 heteroatoms. The molecule has 2 atom stereocenters. The van der Waals surface area contributed by atoms with Crippen molar-refractivity contribution in [3.8, 4) is 0 Å². The molecule has 0 radical (unpaired) electrons. The average Bonchev–Trinajstić information content (AvgIpc) is 3.16. The summed E-state index contributed by atoms with van der Waals surface area (Å²) in [4.78, 5) is 7.08. The Morgan fingerprint density at radius 3 is 2.94 bits per heavy atom. The molecule has 0 amide bonds. The van der Waals surface area contributed by atoms with Crippen molar-refractivity contribution in [2.75, 3.05) is 13.1 Å². The largest absolute Gasteiger partial charge is 0.338 e. The number of rotatable bonds is 4. The molecule has 0 N–H and O–H groups in total. The molecular weight excluding hydrogens is 226 g/mol. The molecule has 2 fully saturated rings. The summed E-state index contributed by atoms with van der Waals surface area (Å²) < 4.78 is 5.45. The number of nitrogens with zero attached hydrogens (tertiary/aromatic N) is 3. The van der Waals surface area contributed by atoms with Gasteiger partial charge >= 0.3 is 0 Å². The van der Waals surface area contributed by atoms with E-state index in [4.69, 9.17) is 4.52 Å². The van der Waals surface area contributed by atoms with Gasteiger partial charge in [-0.05, 0) is 45.1 Å². The van der Waals surface area contributed by atoms with Crippen molar-refractivity contribution in [2.24, 2.45) is 5.92 Å². The Balaban J connectivity index is 1.66. The first-order chi connectivity index (χ1) is 8.78. The van der Waals surface area contributed by atoms with Crippen molar-refractivity contribution in [1.82, 2.24) is 15.0 Å². The maximum absolute atomic E-state index is 5.45. The van der Waals surface area contributed by atoms with Crippen LogP contribution in [0.1, 0.15) is 69.6 Å². The SMILES string of the molecule is CC[C@H]1CCCN([C@@H](C)c2nc(C3CC3)no2)C1. The zero-order valence-electron chi connectivity index (χ0n) is 11.4. The molecular formula is C14H23N3O. The van der Waals surface area contributed by atoms with E-state index in [1.54, 1.807) is 0 Å². The maximum Gasteiger partial charge on any atom is 0.243 e. The number of likely N-dealkylation sites (tertiary alicyclic amines) is 1. The summed E-state index contributed by atoms with van der Waals surface area (Å²) in [5.74, 6) is 3.17. The predicted octanol–water partition coefficient (Wildman–Crippen LogP) is 3.13. The molecule has 18 heavy (non-hydrogen) atoms. The fourth-order valence-corrected chi connectivity index (χ4v) is 2.86. The minimum absolute atomic E-state index is 0.277. The fourth-order valence-electron chi connectivity index (χ4n) is 2.86. The van der Waals surface area contributed by atoms with Crippen LogP contribution in [0.2, 0.25) is 0 Å². The number of hydrogen-bond acceptors (Lipinski definition) is 4. The van der Waals surface area contributed by atoms with Gasteiger partial charge in [-0.2, -0.15) is 4.98 Å². The van der Waals surface area contributed by atoms with Gasteiger partial charge in [0.2, 0.25) is 5.89 Å². The van der Waals surface area contributed by atoms with E-state index in [0.717, 1.165) is 17.6 Å². The lowest BCUT2D eigenvalue weighted by Crippen LogP contribution is -2.37. The second kappa shape index (κ2) is 5.00. The van der Waals surface area contributed by atoms with Crippen molar-refractivity contribution in [1.29, 1.82) is 0 Å². The highest BCUT2D eigenvalue weighted by Gasteiger charge is 2.31. The summed E-state index contributed by atoms with van der Waals surface area (Å²) in [7, 11) is 0. The molecule has 0 aromatic carbocycles. The van der Waals surface area contributed by atoms with E-state index in [0.29, 0.717) is 5.92 Å². The smallest absolute Gasteiger partial charge is 0.243 e. The molecule has 4 nitrogen and oxygen atoms in total. The first-order valence-electron chi connectivity index (χ1n) is 7.35. The number of hydrogen-bond donors (Lipinski definition) is 0. The Labute approximate surface area is 109 Å². The minimum Gasteiger partial charge on any atom is -0.338 e. The van der Waals surface area contributed by atoms with Gasteiger partial charge in [0.05, 0.1) is 6.04 Å². The normalized spacial score (nSPS) is 27.3.